The lowest BCUT2D eigenvalue weighted by Crippen LogP contribution is -2.46. The lowest BCUT2D eigenvalue weighted by Gasteiger charge is -2.34. The molecular formula is C27H30ClN5O2. The lowest BCUT2D eigenvalue weighted by molar-refractivity contribution is 0.0896. The number of halogens is 1. The zero-order valence-corrected chi connectivity index (χ0v) is 20.6. The molecule has 2 atom stereocenters. The first kappa shape index (κ1) is 23.6. The minimum absolute atomic E-state index is 0.216. The summed E-state index contributed by atoms with van der Waals surface area (Å²) < 4.78 is 5.72. The number of hydrogen-bond acceptors (Lipinski definition) is 6. The van der Waals surface area contributed by atoms with Crippen LogP contribution >= 0.6 is 11.6 Å². The fourth-order valence-electron chi connectivity index (χ4n) is 4.80. The minimum Gasteiger partial charge on any atom is -0.377 e. The van der Waals surface area contributed by atoms with E-state index in [0.29, 0.717) is 43.6 Å². The van der Waals surface area contributed by atoms with Crippen molar-refractivity contribution in [2.45, 2.75) is 51.4 Å². The molecule has 0 spiro atoms. The summed E-state index contributed by atoms with van der Waals surface area (Å²) in [6.07, 6.45) is 4.65. The van der Waals surface area contributed by atoms with E-state index in [1.165, 1.54) is 0 Å². The molecule has 2 aromatic carbocycles. The van der Waals surface area contributed by atoms with E-state index in [2.05, 4.69) is 33.5 Å². The molecule has 2 saturated heterocycles. The lowest BCUT2D eigenvalue weighted by atomic mass is 10.1. The van der Waals surface area contributed by atoms with Gasteiger partial charge in [0.15, 0.2) is 0 Å². The third kappa shape index (κ3) is 5.26. The molecule has 0 saturated carbocycles. The van der Waals surface area contributed by atoms with Crippen molar-refractivity contribution >= 4 is 29.3 Å². The van der Waals surface area contributed by atoms with Crippen molar-refractivity contribution in [1.29, 1.82) is 0 Å². The largest absolute Gasteiger partial charge is 0.377 e. The molecule has 0 radical (unpaired) electrons. The molecule has 35 heavy (non-hydrogen) atoms. The van der Waals surface area contributed by atoms with Gasteiger partial charge in [-0.25, -0.2) is 4.98 Å². The molecule has 2 fully saturated rings. The van der Waals surface area contributed by atoms with E-state index in [0.717, 1.165) is 41.0 Å². The van der Waals surface area contributed by atoms with Crippen LogP contribution in [0.4, 0.5) is 11.8 Å². The highest BCUT2D eigenvalue weighted by molar-refractivity contribution is 6.31. The zero-order chi connectivity index (χ0) is 24.2. The molecule has 5 rings (SSSR count). The van der Waals surface area contributed by atoms with Gasteiger partial charge < -0.3 is 20.3 Å². The molecule has 0 aliphatic carbocycles. The maximum atomic E-state index is 13.1. The molecule has 2 bridgehead atoms. The Bertz CT molecular complexity index is 1170. The highest BCUT2D eigenvalue weighted by Crippen LogP contribution is 2.33. The quantitative estimate of drug-likeness (QED) is 0.479. The summed E-state index contributed by atoms with van der Waals surface area (Å²) in [7, 11) is 0. The van der Waals surface area contributed by atoms with E-state index in [9.17, 15) is 4.79 Å². The van der Waals surface area contributed by atoms with E-state index >= 15 is 0 Å². The predicted octanol–water partition coefficient (Wildman–Crippen LogP) is 4.60. The SMILES string of the molecule is CCc1ccc(CNc2nc(N3C4CCC3COC4)ncc2C(=O)NCc2ccccc2)cc1Cl. The molecule has 2 unspecified atom stereocenters. The number of nitrogens with zero attached hydrogens (tertiary/aromatic N) is 3. The summed E-state index contributed by atoms with van der Waals surface area (Å²) >= 11 is 6.42. The number of morpholine rings is 1. The van der Waals surface area contributed by atoms with Gasteiger partial charge in [0.2, 0.25) is 5.95 Å². The second-order valence-corrected chi connectivity index (χ2v) is 9.47. The number of ether oxygens (including phenoxy) is 1. The van der Waals surface area contributed by atoms with Crippen LogP contribution in [-0.2, 0) is 24.2 Å². The second kappa shape index (κ2) is 10.6. The minimum atomic E-state index is -0.216. The van der Waals surface area contributed by atoms with Crippen molar-refractivity contribution in [2.24, 2.45) is 0 Å². The van der Waals surface area contributed by atoms with Crippen LogP contribution in [0.15, 0.2) is 54.7 Å². The van der Waals surface area contributed by atoms with Crippen molar-refractivity contribution < 1.29 is 9.53 Å². The van der Waals surface area contributed by atoms with E-state index in [4.69, 9.17) is 21.3 Å². The average molecular weight is 492 g/mol. The van der Waals surface area contributed by atoms with Gasteiger partial charge in [0.1, 0.15) is 11.4 Å². The number of amides is 1. The van der Waals surface area contributed by atoms with Crippen LogP contribution in [0.5, 0.6) is 0 Å². The maximum Gasteiger partial charge on any atom is 0.256 e. The van der Waals surface area contributed by atoms with Crippen molar-refractivity contribution in [3.8, 4) is 0 Å². The van der Waals surface area contributed by atoms with E-state index in [1.807, 2.05) is 42.5 Å². The summed E-state index contributed by atoms with van der Waals surface area (Å²) in [5.74, 6) is 0.941. The summed E-state index contributed by atoms with van der Waals surface area (Å²) in [6, 6.07) is 16.5. The molecule has 7 nitrogen and oxygen atoms in total. The number of carbonyl (C=O) groups excluding carboxylic acids is 1. The Hall–Kier alpha value is -3.16. The number of benzene rings is 2. The van der Waals surface area contributed by atoms with Gasteiger partial charge in [-0.2, -0.15) is 4.98 Å². The van der Waals surface area contributed by atoms with Gasteiger partial charge in [0.05, 0.1) is 25.3 Å². The summed E-state index contributed by atoms with van der Waals surface area (Å²) in [6.45, 7) is 4.38. The second-order valence-electron chi connectivity index (χ2n) is 9.06. The topological polar surface area (TPSA) is 79.4 Å². The van der Waals surface area contributed by atoms with Crippen LogP contribution in [0.2, 0.25) is 5.02 Å². The Balaban J connectivity index is 1.39. The Labute approximate surface area is 210 Å². The van der Waals surface area contributed by atoms with Crippen molar-refractivity contribution in [3.05, 3.63) is 82.0 Å². The van der Waals surface area contributed by atoms with E-state index in [-0.39, 0.29) is 18.0 Å². The fourth-order valence-corrected chi connectivity index (χ4v) is 5.14. The monoisotopic (exact) mass is 491 g/mol. The molecule has 2 N–H and O–H groups in total. The Morgan fingerprint density at radius 1 is 1.09 bits per heavy atom. The number of anilines is 2. The van der Waals surface area contributed by atoms with Gasteiger partial charge in [0.25, 0.3) is 5.91 Å². The normalized spacial score (nSPS) is 19.0. The highest BCUT2D eigenvalue weighted by Gasteiger charge is 2.39. The molecule has 182 valence electrons. The van der Waals surface area contributed by atoms with E-state index < -0.39 is 0 Å². The predicted molar refractivity (Wildman–Crippen MR) is 138 cm³/mol. The highest BCUT2D eigenvalue weighted by atomic mass is 35.5. The molecule has 1 amide bonds. The number of carbonyl (C=O) groups is 1. The molecule has 1 aromatic heterocycles. The number of nitrogens with one attached hydrogen (secondary N) is 2. The van der Waals surface area contributed by atoms with Gasteiger partial charge >= 0.3 is 0 Å². The van der Waals surface area contributed by atoms with Gasteiger partial charge in [-0.1, -0.05) is 61.0 Å². The Kier molecular flexibility index (Phi) is 7.16. The Morgan fingerprint density at radius 2 is 1.86 bits per heavy atom. The standard InChI is InChI=1S/C27H30ClN5O2/c1-2-20-9-8-19(12-24(20)28)14-29-25-23(26(34)30-13-18-6-4-3-5-7-18)15-31-27(32-25)33-21-10-11-22(33)17-35-16-21/h3-9,12,15,21-22H,2,10-11,13-14,16-17H2,1H3,(H,30,34)(H,29,31,32). The van der Waals surface area contributed by atoms with Crippen LogP contribution in [0.1, 0.15) is 46.8 Å². The fraction of sp³-hybridized carbons (Fsp3) is 0.370. The first-order chi connectivity index (χ1) is 17.1. The summed E-state index contributed by atoms with van der Waals surface area (Å²) in [5, 5.41) is 7.12. The number of aromatic nitrogens is 2. The smallest absolute Gasteiger partial charge is 0.256 e. The van der Waals surface area contributed by atoms with Gasteiger partial charge in [-0.3, -0.25) is 4.79 Å². The summed E-state index contributed by atoms with van der Waals surface area (Å²) in [4.78, 5) is 24.8. The number of fused-ring (bicyclic) bond motifs is 2. The molecule has 3 heterocycles. The first-order valence-corrected chi connectivity index (χ1v) is 12.6. The van der Waals surface area contributed by atoms with Gasteiger partial charge in [-0.15, -0.1) is 0 Å². The average Bonchev–Trinajstić information content (AvgIpc) is 3.14. The summed E-state index contributed by atoms with van der Waals surface area (Å²) in [5.41, 5.74) is 3.59. The molecule has 3 aromatic rings. The third-order valence-corrected chi connectivity index (χ3v) is 7.10. The van der Waals surface area contributed by atoms with Crippen molar-refractivity contribution in [2.75, 3.05) is 23.4 Å². The van der Waals surface area contributed by atoms with Crippen LogP contribution in [0, 0.1) is 0 Å². The number of hydrogen-bond donors (Lipinski definition) is 2. The number of aryl methyl sites for hydroxylation is 1. The molecule has 2 aliphatic rings. The maximum absolute atomic E-state index is 13.1. The molecule has 2 aliphatic heterocycles. The van der Waals surface area contributed by atoms with Crippen LogP contribution in [0.3, 0.4) is 0 Å². The van der Waals surface area contributed by atoms with Crippen LogP contribution in [-0.4, -0.2) is 41.2 Å². The van der Waals surface area contributed by atoms with Gasteiger partial charge in [0, 0.05) is 24.3 Å². The number of rotatable bonds is 8. The van der Waals surface area contributed by atoms with E-state index in [1.54, 1.807) is 6.20 Å². The van der Waals surface area contributed by atoms with Gasteiger partial charge in [-0.05, 0) is 42.0 Å². The first-order valence-electron chi connectivity index (χ1n) is 12.2. The third-order valence-electron chi connectivity index (χ3n) is 6.75. The molecule has 8 heteroatoms. The zero-order valence-electron chi connectivity index (χ0n) is 19.8. The van der Waals surface area contributed by atoms with Crippen LogP contribution < -0.4 is 15.5 Å². The molecular weight excluding hydrogens is 462 g/mol. The van der Waals surface area contributed by atoms with Crippen LogP contribution in [0.25, 0.3) is 0 Å². The van der Waals surface area contributed by atoms with Crippen molar-refractivity contribution in [1.82, 2.24) is 15.3 Å². The Morgan fingerprint density at radius 3 is 2.57 bits per heavy atom. The van der Waals surface area contributed by atoms with Crippen molar-refractivity contribution in [3.63, 3.8) is 0 Å².